The van der Waals surface area contributed by atoms with E-state index in [-0.39, 0.29) is 5.56 Å². The van der Waals surface area contributed by atoms with E-state index < -0.39 is 0 Å². The number of nitrogens with zero attached hydrogens (tertiary/aromatic N) is 1. The minimum atomic E-state index is 0.101. The summed E-state index contributed by atoms with van der Waals surface area (Å²) in [5.41, 5.74) is 2.00. The standard InChI is InChI=1S/C16H28N2O2/c1-12(2)10-17-11-14-6-7-15(13(3)4)18(16(14)19)8-9-20-5/h6-7,12-13,17H,8-11H2,1-5H3. The predicted octanol–water partition coefficient (Wildman–Crippen LogP) is 2.36. The highest BCUT2D eigenvalue weighted by Gasteiger charge is 2.11. The number of nitrogens with one attached hydrogen (secondary N) is 1. The molecule has 0 aliphatic heterocycles. The smallest absolute Gasteiger partial charge is 0.255 e. The average molecular weight is 280 g/mol. The molecule has 0 atom stereocenters. The van der Waals surface area contributed by atoms with Gasteiger partial charge in [0.1, 0.15) is 0 Å². The van der Waals surface area contributed by atoms with E-state index in [0.717, 1.165) is 17.8 Å². The molecule has 0 radical (unpaired) electrons. The van der Waals surface area contributed by atoms with Gasteiger partial charge in [-0.3, -0.25) is 4.79 Å². The molecule has 0 amide bonds. The molecule has 0 spiro atoms. The van der Waals surface area contributed by atoms with Crippen molar-refractivity contribution in [1.82, 2.24) is 9.88 Å². The lowest BCUT2D eigenvalue weighted by Gasteiger charge is -2.17. The van der Waals surface area contributed by atoms with Crippen LogP contribution in [-0.4, -0.2) is 24.8 Å². The van der Waals surface area contributed by atoms with Crippen molar-refractivity contribution in [3.8, 4) is 0 Å². The normalized spacial score (nSPS) is 11.6. The number of methoxy groups -OCH3 is 1. The third kappa shape index (κ3) is 4.76. The van der Waals surface area contributed by atoms with Crippen molar-refractivity contribution in [3.05, 3.63) is 33.7 Å². The van der Waals surface area contributed by atoms with E-state index in [1.807, 2.05) is 10.6 Å². The molecule has 0 bridgehead atoms. The number of ether oxygens (including phenoxy) is 1. The lowest BCUT2D eigenvalue weighted by molar-refractivity contribution is 0.185. The molecule has 1 heterocycles. The van der Waals surface area contributed by atoms with E-state index in [4.69, 9.17) is 4.74 Å². The molecular formula is C16H28N2O2. The fourth-order valence-corrected chi connectivity index (χ4v) is 2.19. The quantitative estimate of drug-likeness (QED) is 0.795. The molecule has 0 aliphatic carbocycles. The molecule has 1 aromatic rings. The van der Waals surface area contributed by atoms with E-state index in [1.54, 1.807) is 7.11 Å². The molecule has 0 saturated heterocycles. The molecule has 20 heavy (non-hydrogen) atoms. The molecule has 0 saturated carbocycles. The van der Waals surface area contributed by atoms with Gasteiger partial charge in [-0.1, -0.05) is 33.8 Å². The average Bonchev–Trinajstić information content (AvgIpc) is 2.38. The van der Waals surface area contributed by atoms with Crippen LogP contribution in [0.15, 0.2) is 16.9 Å². The Balaban J connectivity index is 2.95. The molecular weight excluding hydrogens is 252 g/mol. The Morgan fingerprint density at radius 1 is 1.25 bits per heavy atom. The Bertz CT molecular complexity index is 464. The van der Waals surface area contributed by atoms with Crippen LogP contribution in [0.4, 0.5) is 0 Å². The maximum atomic E-state index is 12.5. The zero-order valence-electron chi connectivity index (χ0n) is 13.4. The van der Waals surface area contributed by atoms with Gasteiger partial charge in [0.2, 0.25) is 0 Å². The van der Waals surface area contributed by atoms with Crippen LogP contribution in [0.25, 0.3) is 0 Å². The van der Waals surface area contributed by atoms with Crippen molar-refractivity contribution in [2.24, 2.45) is 5.92 Å². The van der Waals surface area contributed by atoms with Crippen LogP contribution in [-0.2, 0) is 17.8 Å². The predicted molar refractivity (Wildman–Crippen MR) is 83.2 cm³/mol. The highest BCUT2D eigenvalue weighted by atomic mass is 16.5. The minimum Gasteiger partial charge on any atom is -0.383 e. The Hall–Kier alpha value is -1.13. The summed E-state index contributed by atoms with van der Waals surface area (Å²) in [4.78, 5) is 12.5. The van der Waals surface area contributed by atoms with Crippen LogP contribution in [0.3, 0.4) is 0 Å². The Kier molecular flexibility index (Phi) is 6.96. The maximum Gasteiger partial charge on any atom is 0.255 e. The molecule has 0 unspecified atom stereocenters. The maximum absolute atomic E-state index is 12.5. The van der Waals surface area contributed by atoms with Crippen LogP contribution in [0, 0.1) is 5.92 Å². The van der Waals surface area contributed by atoms with Gasteiger partial charge in [0, 0.05) is 31.5 Å². The molecule has 1 rings (SSSR count). The lowest BCUT2D eigenvalue weighted by Crippen LogP contribution is -2.31. The van der Waals surface area contributed by atoms with Crippen molar-refractivity contribution >= 4 is 0 Å². The van der Waals surface area contributed by atoms with E-state index in [9.17, 15) is 4.79 Å². The van der Waals surface area contributed by atoms with Crippen molar-refractivity contribution < 1.29 is 4.74 Å². The zero-order valence-corrected chi connectivity index (χ0v) is 13.4. The van der Waals surface area contributed by atoms with Gasteiger partial charge >= 0.3 is 0 Å². The summed E-state index contributed by atoms with van der Waals surface area (Å²) in [6.45, 7) is 11.2. The molecule has 4 nitrogen and oxygen atoms in total. The van der Waals surface area contributed by atoms with Gasteiger partial charge in [0.15, 0.2) is 0 Å². The second kappa shape index (κ2) is 8.22. The van der Waals surface area contributed by atoms with Crippen LogP contribution in [0.5, 0.6) is 0 Å². The molecule has 0 fully saturated rings. The number of pyridine rings is 1. The fraction of sp³-hybridized carbons (Fsp3) is 0.688. The van der Waals surface area contributed by atoms with Gasteiger partial charge in [-0.25, -0.2) is 0 Å². The third-order valence-corrected chi connectivity index (χ3v) is 3.27. The molecule has 1 aromatic heterocycles. The summed E-state index contributed by atoms with van der Waals surface area (Å²) >= 11 is 0. The third-order valence-electron chi connectivity index (χ3n) is 3.27. The van der Waals surface area contributed by atoms with Crippen molar-refractivity contribution in [3.63, 3.8) is 0 Å². The Morgan fingerprint density at radius 2 is 1.95 bits per heavy atom. The first-order chi connectivity index (χ1) is 9.47. The summed E-state index contributed by atoms with van der Waals surface area (Å²) in [6, 6.07) is 4.02. The monoisotopic (exact) mass is 280 g/mol. The number of rotatable bonds is 8. The lowest BCUT2D eigenvalue weighted by atomic mass is 10.1. The highest BCUT2D eigenvalue weighted by molar-refractivity contribution is 5.18. The largest absolute Gasteiger partial charge is 0.383 e. The Morgan fingerprint density at radius 3 is 2.50 bits per heavy atom. The zero-order chi connectivity index (χ0) is 15.1. The van der Waals surface area contributed by atoms with Gasteiger partial charge in [-0.2, -0.15) is 0 Å². The minimum absolute atomic E-state index is 0.101. The van der Waals surface area contributed by atoms with E-state index >= 15 is 0 Å². The molecule has 1 N–H and O–H groups in total. The van der Waals surface area contributed by atoms with Crippen molar-refractivity contribution in [2.45, 2.75) is 46.7 Å². The second-order valence-corrected chi connectivity index (χ2v) is 5.91. The fourth-order valence-electron chi connectivity index (χ4n) is 2.19. The summed E-state index contributed by atoms with van der Waals surface area (Å²) in [7, 11) is 1.66. The van der Waals surface area contributed by atoms with E-state index in [2.05, 4.69) is 39.1 Å². The van der Waals surface area contributed by atoms with Crippen LogP contribution in [0.1, 0.15) is 44.9 Å². The number of aromatic nitrogens is 1. The second-order valence-electron chi connectivity index (χ2n) is 5.91. The van der Waals surface area contributed by atoms with Gasteiger partial charge in [0.05, 0.1) is 6.61 Å². The van der Waals surface area contributed by atoms with Crippen molar-refractivity contribution in [2.75, 3.05) is 20.3 Å². The molecule has 0 aliphatic rings. The molecule has 4 heteroatoms. The number of hydrogen-bond donors (Lipinski definition) is 1. The van der Waals surface area contributed by atoms with Gasteiger partial charge in [0.25, 0.3) is 5.56 Å². The first-order valence-electron chi connectivity index (χ1n) is 7.39. The van der Waals surface area contributed by atoms with Gasteiger partial charge < -0.3 is 14.6 Å². The summed E-state index contributed by atoms with van der Waals surface area (Å²) < 4.78 is 6.96. The topological polar surface area (TPSA) is 43.3 Å². The van der Waals surface area contributed by atoms with Gasteiger partial charge in [-0.05, 0) is 24.4 Å². The molecule has 0 aromatic carbocycles. The number of hydrogen-bond acceptors (Lipinski definition) is 3. The van der Waals surface area contributed by atoms with Crippen molar-refractivity contribution in [1.29, 1.82) is 0 Å². The van der Waals surface area contributed by atoms with Gasteiger partial charge in [-0.15, -0.1) is 0 Å². The van der Waals surface area contributed by atoms with Crippen LogP contribution >= 0.6 is 0 Å². The summed E-state index contributed by atoms with van der Waals surface area (Å²) in [6.07, 6.45) is 0. The summed E-state index contributed by atoms with van der Waals surface area (Å²) in [5.74, 6) is 0.915. The first kappa shape index (κ1) is 16.9. The SMILES string of the molecule is COCCn1c(C(C)C)ccc(CNCC(C)C)c1=O. The Labute approximate surface area is 122 Å². The highest BCUT2D eigenvalue weighted by Crippen LogP contribution is 2.13. The van der Waals surface area contributed by atoms with E-state index in [0.29, 0.717) is 31.5 Å². The first-order valence-corrected chi connectivity index (χ1v) is 7.39. The van der Waals surface area contributed by atoms with E-state index in [1.165, 1.54) is 0 Å². The molecule has 114 valence electrons. The summed E-state index contributed by atoms with van der Waals surface area (Å²) in [5, 5.41) is 3.33. The van der Waals surface area contributed by atoms with Crippen LogP contribution < -0.4 is 10.9 Å². The van der Waals surface area contributed by atoms with Crippen LogP contribution in [0.2, 0.25) is 0 Å².